The average Bonchev–Trinajstić information content (AvgIpc) is 2.80. The van der Waals surface area contributed by atoms with Crippen molar-refractivity contribution < 1.29 is 0 Å². The SMILES string of the molecule is Cc1cc(C)c(CN2CC[C@@H]3[C@H](C2)c2cccc4c2N3CCCS4)c(C)c1. The fraction of sp³-hybridized carbons (Fsp3) is 0.500. The van der Waals surface area contributed by atoms with Crippen LogP contribution in [-0.2, 0) is 6.54 Å². The third-order valence-corrected chi connectivity index (χ3v) is 7.93. The van der Waals surface area contributed by atoms with Crippen LogP contribution >= 0.6 is 11.8 Å². The molecule has 5 rings (SSSR count). The van der Waals surface area contributed by atoms with Gasteiger partial charge >= 0.3 is 0 Å². The summed E-state index contributed by atoms with van der Waals surface area (Å²) in [5.74, 6) is 1.95. The first kappa shape index (κ1) is 17.6. The molecule has 0 saturated carbocycles. The van der Waals surface area contributed by atoms with Crippen LogP contribution in [0, 0.1) is 20.8 Å². The van der Waals surface area contributed by atoms with Crippen molar-refractivity contribution in [2.45, 2.75) is 57.0 Å². The number of para-hydroxylation sites is 1. The second-order valence-corrected chi connectivity index (χ2v) is 9.80. The molecule has 0 radical (unpaired) electrons. The summed E-state index contributed by atoms with van der Waals surface area (Å²) in [6.45, 7) is 11.5. The van der Waals surface area contributed by atoms with Gasteiger partial charge in [-0.3, -0.25) is 4.90 Å². The number of likely N-dealkylation sites (tertiary alicyclic amines) is 1. The third-order valence-electron chi connectivity index (χ3n) is 6.80. The highest BCUT2D eigenvalue weighted by Gasteiger charge is 2.43. The molecule has 2 atom stereocenters. The lowest BCUT2D eigenvalue weighted by Gasteiger charge is -2.39. The minimum absolute atomic E-state index is 0.679. The summed E-state index contributed by atoms with van der Waals surface area (Å²) in [6, 6.07) is 12.5. The highest BCUT2D eigenvalue weighted by molar-refractivity contribution is 7.99. The van der Waals surface area contributed by atoms with Gasteiger partial charge < -0.3 is 4.90 Å². The van der Waals surface area contributed by atoms with E-state index >= 15 is 0 Å². The van der Waals surface area contributed by atoms with E-state index in [1.807, 2.05) is 0 Å². The quantitative estimate of drug-likeness (QED) is 0.701. The molecule has 3 aliphatic heterocycles. The number of aryl methyl sites for hydroxylation is 3. The van der Waals surface area contributed by atoms with E-state index in [2.05, 4.69) is 72.7 Å². The van der Waals surface area contributed by atoms with Gasteiger partial charge in [0.1, 0.15) is 0 Å². The maximum atomic E-state index is 2.77. The van der Waals surface area contributed by atoms with E-state index in [1.165, 1.54) is 59.8 Å². The fourth-order valence-corrected chi connectivity index (χ4v) is 6.68. The van der Waals surface area contributed by atoms with Crippen LogP contribution in [0.3, 0.4) is 0 Å². The predicted octanol–water partition coefficient (Wildman–Crippen LogP) is 5.29. The number of benzene rings is 2. The zero-order valence-corrected chi connectivity index (χ0v) is 17.6. The molecule has 2 nitrogen and oxygen atoms in total. The number of thioether (sulfide) groups is 1. The lowest BCUT2D eigenvalue weighted by molar-refractivity contribution is 0.185. The summed E-state index contributed by atoms with van der Waals surface area (Å²) < 4.78 is 0. The highest BCUT2D eigenvalue weighted by Crippen LogP contribution is 2.50. The van der Waals surface area contributed by atoms with Crippen LogP contribution in [0.15, 0.2) is 35.2 Å². The normalized spacial score (nSPS) is 24.5. The highest BCUT2D eigenvalue weighted by atomic mass is 32.2. The molecule has 142 valence electrons. The van der Waals surface area contributed by atoms with E-state index in [4.69, 9.17) is 0 Å². The molecule has 3 heteroatoms. The van der Waals surface area contributed by atoms with Crippen molar-refractivity contribution in [2.75, 3.05) is 30.3 Å². The van der Waals surface area contributed by atoms with Crippen molar-refractivity contribution in [2.24, 2.45) is 0 Å². The Morgan fingerprint density at radius 3 is 2.70 bits per heavy atom. The van der Waals surface area contributed by atoms with Crippen LogP contribution in [-0.4, -0.2) is 36.3 Å². The molecule has 0 unspecified atom stereocenters. The molecule has 0 aliphatic carbocycles. The Kier molecular flexibility index (Phi) is 4.48. The molecular formula is C24H30N2S. The van der Waals surface area contributed by atoms with Gasteiger partial charge in [-0.05, 0) is 67.7 Å². The molecule has 1 fully saturated rings. The number of anilines is 1. The van der Waals surface area contributed by atoms with Gasteiger partial charge in [0.2, 0.25) is 0 Å². The van der Waals surface area contributed by atoms with Crippen LogP contribution in [0.2, 0.25) is 0 Å². The molecule has 3 aliphatic rings. The van der Waals surface area contributed by atoms with Crippen LogP contribution in [0.4, 0.5) is 5.69 Å². The number of nitrogens with zero attached hydrogens (tertiary/aromatic N) is 2. The van der Waals surface area contributed by atoms with E-state index in [0.29, 0.717) is 5.92 Å². The van der Waals surface area contributed by atoms with Crippen molar-refractivity contribution in [3.63, 3.8) is 0 Å². The smallest absolute Gasteiger partial charge is 0.0543 e. The number of hydrogen-bond acceptors (Lipinski definition) is 3. The molecular weight excluding hydrogens is 348 g/mol. The third kappa shape index (κ3) is 3.00. The topological polar surface area (TPSA) is 6.48 Å². The molecule has 0 N–H and O–H groups in total. The summed E-state index contributed by atoms with van der Waals surface area (Å²) >= 11 is 2.07. The number of rotatable bonds is 2. The summed E-state index contributed by atoms with van der Waals surface area (Å²) in [6.07, 6.45) is 2.61. The fourth-order valence-electron chi connectivity index (χ4n) is 5.64. The summed E-state index contributed by atoms with van der Waals surface area (Å²) in [4.78, 5) is 7.01. The Morgan fingerprint density at radius 2 is 1.89 bits per heavy atom. The van der Waals surface area contributed by atoms with Gasteiger partial charge in [0.05, 0.1) is 5.69 Å². The Hall–Kier alpha value is -1.45. The zero-order chi connectivity index (χ0) is 18.5. The van der Waals surface area contributed by atoms with Crippen molar-refractivity contribution in [1.82, 2.24) is 4.90 Å². The Labute approximate surface area is 167 Å². The minimum atomic E-state index is 0.679. The summed E-state index contributed by atoms with van der Waals surface area (Å²) in [5, 5.41) is 0. The number of hydrogen-bond donors (Lipinski definition) is 0. The number of piperidine rings is 1. The predicted molar refractivity (Wildman–Crippen MR) is 116 cm³/mol. The van der Waals surface area contributed by atoms with Gasteiger partial charge in [0.15, 0.2) is 0 Å². The molecule has 0 spiro atoms. The lowest BCUT2D eigenvalue weighted by Crippen LogP contribution is -2.46. The van der Waals surface area contributed by atoms with Crippen molar-refractivity contribution >= 4 is 17.4 Å². The van der Waals surface area contributed by atoms with Crippen LogP contribution < -0.4 is 4.90 Å². The summed E-state index contributed by atoms with van der Waals surface area (Å²) in [5.41, 5.74) is 9.03. The Balaban J connectivity index is 1.43. The first-order valence-corrected chi connectivity index (χ1v) is 11.4. The van der Waals surface area contributed by atoms with Gasteiger partial charge in [-0.1, -0.05) is 29.8 Å². The van der Waals surface area contributed by atoms with Crippen molar-refractivity contribution in [1.29, 1.82) is 0 Å². The average molecular weight is 379 g/mol. The second kappa shape index (κ2) is 6.86. The Bertz CT molecular complexity index is 852. The molecule has 1 saturated heterocycles. The monoisotopic (exact) mass is 378 g/mol. The first-order valence-electron chi connectivity index (χ1n) is 10.4. The first-order chi connectivity index (χ1) is 13.1. The zero-order valence-electron chi connectivity index (χ0n) is 16.8. The Morgan fingerprint density at radius 1 is 1.07 bits per heavy atom. The molecule has 0 bridgehead atoms. The van der Waals surface area contributed by atoms with Crippen LogP contribution in [0.25, 0.3) is 0 Å². The second-order valence-electron chi connectivity index (χ2n) is 8.66. The van der Waals surface area contributed by atoms with Crippen LogP contribution in [0.5, 0.6) is 0 Å². The van der Waals surface area contributed by atoms with E-state index in [-0.39, 0.29) is 0 Å². The largest absolute Gasteiger partial charge is 0.367 e. The van der Waals surface area contributed by atoms with Gasteiger partial charge in [0.25, 0.3) is 0 Å². The van der Waals surface area contributed by atoms with Gasteiger partial charge in [-0.15, -0.1) is 11.8 Å². The van der Waals surface area contributed by atoms with E-state index < -0.39 is 0 Å². The molecule has 2 aromatic rings. The standard InChI is InChI=1S/C24H30N2S/c1-16-12-17(2)20(18(3)13-16)14-25-10-8-22-21(15-25)19-6-4-7-23-24(19)26(22)9-5-11-27-23/h4,6-7,12-13,21-22H,5,8-11,14-15H2,1-3H3/t21-,22-/m1/s1. The number of fused-ring (bicyclic) bond motifs is 3. The van der Waals surface area contributed by atoms with Gasteiger partial charge in [0, 0.05) is 43.0 Å². The van der Waals surface area contributed by atoms with Gasteiger partial charge in [-0.25, -0.2) is 0 Å². The minimum Gasteiger partial charge on any atom is -0.367 e. The molecule has 3 heterocycles. The molecule has 27 heavy (non-hydrogen) atoms. The van der Waals surface area contributed by atoms with E-state index in [0.717, 1.165) is 12.6 Å². The maximum Gasteiger partial charge on any atom is 0.0543 e. The van der Waals surface area contributed by atoms with E-state index in [9.17, 15) is 0 Å². The van der Waals surface area contributed by atoms with Gasteiger partial charge in [-0.2, -0.15) is 0 Å². The van der Waals surface area contributed by atoms with Crippen molar-refractivity contribution in [3.8, 4) is 0 Å². The van der Waals surface area contributed by atoms with E-state index in [1.54, 1.807) is 16.8 Å². The molecule has 2 aromatic carbocycles. The lowest BCUT2D eigenvalue weighted by atomic mass is 9.88. The van der Waals surface area contributed by atoms with Crippen molar-refractivity contribution in [3.05, 3.63) is 58.1 Å². The molecule has 0 aromatic heterocycles. The van der Waals surface area contributed by atoms with Crippen LogP contribution in [0.1, 0.15) is 46.6 Å². The molecule has 0 amide bonds. The maximum absolute atomic E-state index is 2.77. The summed E-state index contributed by atoms with van der Waals surface area (Å²) in [7, 11) is 0.